The van der Waals surface area contributed by atoms with E-state index in [-0.39, 0.29) is 35.1 Å². The molecule has 10 heteroatoms. The summed E-state index contributed by atoms with van der Waals surface area (Å²) in [6.07, 6.45) is 0. The van der Waals surface area contributed by atoms with Crippen LogP contribution in [-0.4, -0.2) is 56.2 Å². The fourth-order valence-corrected chi connectivity index (χ4v) is 5.16. The molecule has 3 aromatic rings. The topological polar surface area (TPSA) is 95.6 Å². The van der Waals surface area contributed by atoms with Crippen molar-refractivity contribution in [3.8, 4) is 17.0 Å². The number of aromatic amines is 1. The Morgan fingerprint density at radius 1 is 1.03 bits per heavy atom. The quantitative estimate of drug-likeness (QED) is 0.648. The summed E-state index contributed by atoms with van der Waals surface area (Å²) >= 11 is 0. The van der Waals surface area contributed by atoms with Crippen molar-refractivity contribution in [1.29, 1.82) is 0 Å². The molecule has 162 valence electrons. The lowest BCUT2D eigenvalue weighted by molar-refractivity contribution is 0.373. The first kappa shape index (κ1) is 21.0. The number of nitrogens with zero attached hydrogens (tertiary/aromatic N) is 3. The SMILES string of the molecule is COc1ccc(-c2ccc(=O)[nH]n2)cc1S(=O)(=O)N1CCN(c2ccccc2F)CC1. The second-order valence-corrected chi connectivity index (χ2v) is 8.92. The lowest BCUT2D eigenvalue weighted by Gasteiger charge is -2.35. The van der Waals surface area contributed by atoms with Crippen LogP contribution in [0.5, 0.6) is 5.75 Å². The number of H-pyrrole nitrogens is 1. The zero-order valence-corrected chi connectivity index (χ0v) is 17.6. The molecule has 0 saturated carbocycles. The van der Waals surface area contributed by atoms with Gasteiger partial charge in [0.25, 0.3) is 5.56 Å². The van der Waals surface area contributed by atoms with Crippen LogP contribution >= 0.6 is 0 Å². The first-order valence-corrected chi connectivity index (χ1v) is 11.1. The lowest BCUT2D eigenvalue weighted by atomic mass is 10.1. The largest absolute Gasteiger partial charge is 0.495 e. The molecule has 0 aliphatic carbocycles. The number of hydrogen-bond donors (Lipinski definition) is 1. The van der Waals surface area contributed by atoms with Gasteiger partial charge in [-0.2, -0.15) is 9.40 Å². The number of methoxy groups -OCH3 is 1. The van der Waals surface area contributed by atoms with Crippen LogP contribution in [0.3, 0.4) is 0 Å². The van der Waals surface area contributed by atoms with E-state index in [1.165, 1.54) is 35.7 Å². The third kappa shape index (κ3) is 4.17. The van der Waals surface area contributed by atoms with Gasteiger partial charge in [0, 0.05) is 37.8 Å². The van der Waals surface area contributed by atoms with E-state index in [0.29, 0.717) is 30.0 Å². The number of anilines is 1. The van der Waals surface area contributed by atoms with E-state index in [2.05, 4.69) is 10.2 Å². The average Bonchev–Trinajstić information content (AvgIpc) is 2.79. The van der Waals surface area contributed by atoms with Gasteiger partial charge in [-0.05, 0) is 36.4 Å². The molecule has 2 heterocycles. The Bertz CT molecular complexity index is 1230. The standard InChI is InChI=1S/C21H21FN4O4S/c1-30-19-8-6-15(17-7-9-21(27)24-23-17)14-20(19)31(28,29)26-12-10-25(11-13-26)18-5-3-2-4-16(18)22/h2-9,14H,10-13H2,1H3,(H,24,27). The number of sulfonamides is 1. The normalized spacial score (nSPS) is 15.1. The molecular formula is C21H21FN4O4S. The number of ether oxygens (including phenoxy) is 1. The minimum Gasteiger partial charge on any atom is -0.495 e. The van der Waals surface area contributed by atoms with Crippen LogP contribution in [0.25, 0.3) is 11.3 Å². The van der Waals surface area contributed by atoms with E-state index in [1.54, 1.807) is 30.3 Å². The van der Waals surface area contributed by atoms with Crippen molar-refractivity contribution < 1.29 is 17.5 Å². The zero-order chi connectivity index (χ0) is 22.0. The van der Waals surface area contributed by atoms with Crippen LogP contribution in [0.1, 0.15) is 0 Å². The molecule has 8 nitrogen and oxygen atoms in total. The Balaban J connectivity index is 1.61. The molecule has 1 N–H and O–H groups in total. The van der Waals surface area contributed by atoms with Gasteiger partial charge in [-0.1, -0.05) is 12.1 Å². The van der Waals surface area contributed by atoms with Crippen LogP contribution < -0.4 is 15.2 Å². The third-order valence-corrected chi connectivity index (χ3v) is 7.11. The molecule has 0 unspecified atom stereocenters. The number of halogens is 1. The highest BCUT2D eigenvalue weighted by molar-refractivity contribution is 7.89. The second-order valence-electron chi connectivity index (χ2n) is 7.01. The highest BCUT2D eigenvalue weighted by Crippen LogP contribution is 2.32. The predicted octanol–water partition coefficient (Wildman–Crippen LogP) is 2.10. The van der Waals surface area contributed by atoms with E-state index in [4.69, 9.17) is 4.74 Å². The number of aromatic nitrogens is 2. The molecule has 0 spiro atoms. The van der Waals surface area contributed by atoms with Crippen molar-refractivity contribution in [3.05, 3.63) is 70.8 Å². The number of para-hydroxylation sites is 1. The van der Waals surface area contributed by atoms with Crippen LogP contribution in [0.15, 0.2) is 64.3 Å². The number of hydrogen-bond acceptors (Lipinski definition) is 6. The van der Waals surface area contributed by atoms with E-state index in [0.717, 1.165) is 0 Å². The molecule has 0 bridgehead atoms. The van der Waals surface area contributed by atoms with Gasteiger partial charge in [0.1, 0.15) is 16.5 Å². The molecule has 1 fully saturated rings. The molecule has 4 rings (SSSR count). The Kier molecular flexibility index (Phi) is 5.75. The van der Waals surface area contributed by atoms with Crippen LogP contribution in [0, 0.1) is 5.82 Å². The maximum atomic E-state index is 14.1. The number of nitrogens with one attached hydrogen (secondary N) is 1. The number of piperazine rings is 1. The maximum absolute atomic E-state index is 14.1. The summed E-state index contributed by atoms with van der Waals surface area (Å²) in [5, 5.41) is 6.30. The summed E-state index contributed by atoms with van der Waals surface area (Å²) in [7, 11) is -2.47. The summed E-state index contributed by atoms with van der Waals surface area (Å²) in [4.78, 5) is 13.1. The van der Waals surface area contributed by atoms with Gasteiger partial charge >= 0.3 is 0 Å². The first-order valence-electron chi connectivity index (χ1n) is 9.64. The average molecular weight is 444 g/mol. The Morgan fingerprint density at radius 2 is 1.77 bits per heavy atom. The molecular weight excluding hydrogens is 423 g/mol. The Morgan fingerprint density at radius 3 is 2.42 bits per heavy atom. The van der Waals surface area contributed by atoms with E-state index >= 15 is 0 Å². The highest BCUT2D eigenvalue weighted by Gasteiger charge is 2.31. The monoisotopic (exact) mass is 444 g/mol. The summed E-state index contributed by atoms with van der Waals surface area (Å²) in [6, 6.07) is 14.0. The van der Waals surface area contributed by atoms with Crippen molar-refractivity contribution in [2.45, 2.75) is 4.90 Å². The molecule has 0 atom stereocenters. The molecule has 0 radical (unpaired) electrons. The van der Waals surface area contributed by atoms with Gasteiger partial charge < -0.3 is 9.64 Å². The third-order valence-electron chi connectivity index (χ3n) is 5.19. The minimum atomic E-state index is -3.87. The Hall–Kier alpha value is -3.24. The zero-order valence-electron chi connectivity index (χ0n) is 16.8. The molecule has 0 amide bonds. The van der Waals surface area contributed by atoms with Gasteiger partial charge in [-0.15, -0.1) is 0 Å². The number of rotatable bonds is 5. The smallest absolute Gasteiger partial charge is 0.264 e. The van der Waals surface area contributed by atoms with Gasteiger partial charge in [-0.25, -0.2) is 17.9 Å². The van der Waals surface area contributed by atoms with Crippen molar-refractivity contribution in [1.82, 2.24) is 14.5 Å². The van der Waals surface area contributed by atoms with Crippen molar-refractivity contribution in [2.75, 3.05) is 38.2 Å². The van der Waals surface area contributed by atoms with Gasteiger partial charge in [0.15, 0.2) is 0 Å². The van der Waals surface area contributed by atoms with Crippen LogP contribution in [0.2, 0.25) is 0 Å². The summed E-state index contributed by atoms with van der Waals surface area (Å²) in [5.41, 5.74) is 1.07. The van der Waals surface area contributed by atoms with Gasteiger partial charge in [0.2, 0.25) is 10.0 Å². The summed E-state index contributed by atoms with van der Waals surface area (Å²) < 4.78 is 47.5. The van der Waals surface area contributed by atoms with Crippen molar-refractivity contribution >= 4 is 15.7 Å². The Labute approximate surface area is 178 Å². The van der Waals surface area contributed by atoms with Crippen molar-refractivity contribution in [3.63, 3.8) is 0 Å². The van der Waals surface area contributed by atoms with E-state index < -0.39 is 10.0 Å². The van der Waals surface area contributed by atoms with E-state index in [1.807, 2.05) is 4.90 Å². The lowest BCUT2D eigenvalue weighted by Crippen LogP contribution is -2.49. The minimum absolute atomic E-state index is 0.0137. The molecule has 2 aromatic carbocycles. The first-order chi connectivity index (χ1) is 14.9. The second kappa shape index (κ2) is 8.48. The maximum Gasteiger partial charge on any atom is 0.264 e. The molecule has 1 saturated heterocycles. The van der Waals surface area contributed by atoms with Gasteiger partial charge in [-0.3, -0.25) is 4.79 Å². The van der Waals surface area contributed by atoms with Crippen LogP contribution in [-0.2, 0) is 10.0 Å². The summed E-state index contributed by atoms with van der Waals surface area (Å²) in [5.74, 6) is -0.119. The molecule has 1 aliphatic rings. The van der Waals surface area contributed by atoms with E-state index in [9.17, 15) is 17.6 Å². The molecule has 1 aromatic heterocycles. The number of benzene rings is 2. The fraction of sp³-hybridized carbons (Fsp3) is 0.238. The van der Waals surface area contributed by atoms with Crippen LogP contribution in [0.4, 0.5) is 10.1 Å². The fourth-order valence-electron chi connectivity index (χ4n) is 3.56. The highest BCUT2D eigenvalue weighted by atomic mass is 32.2. The van der Waals surface area contributed by atoms with Gasteiger partial charge in [0.05, 0.1) is 18.5 Å². The molecule has 31 heavy (non-hydrogen) atoms. The molecule has 1 aliphatic heterocycles. The summed E-state index contributed by atoms with van der Waals surface area (Å²) in [6.45, 7) is 1.15. The van der Waals surface area contributed by atoms with Crippen molar-refractivity contribution in [2.24, 2.45) is 0 Å². The predicted molar refractivity (Wildman–Crippen MR) is 114 cm³/mol.